The Bertz CT molecular complexity index is 528. The Kier molecular flexibility index (Phi) is 5.99. The summed E-state index contributed by atoms with van der Waals surface area (Å²) >= 11 is 5.72. The average Bonchev–Trinajstić information content (AvgIpc) is 2.48. The summed E-state index contributed by atoms with van der Waals surface area (Å²) in [6.45, 7) is 3.32. The number of aliphatic hydroxyl groups is 1. The molecule has 0 radical (unpaired) electrons. The molecule has 2 rings (SSSR count). The minimum atomic E-state index is -0.502. The highest BCUT2D eigenvalue weighted by atomic mass is 35.5. The number of morpholine rings is 1. The molecule has 0 aromatic heterocycles. The summed E-state index contributed by atoms with van der Waals surface area (Å²) in [6.07, 6.45) is -0.0339. The van der Waals surface area contributed by atoms with Crippen molar-refractivity contribution in [3.05, 3.63) is 34.6 Å². The number of aliphatic hydroxyl groups excluding tert-OH is 1. The third-order valence-electron chi connectivity index (χ3n) is 3.53. The van der Waals surface area contributed by atoms with E-state index in [2.05, 4.69) is 5.32 Å². The first-order valence-corrected chi connectivity index (χ1v) is 7.59. The molecule has 0 unspecified atom stereocenters. The largest absolute Gasteiger partial charge is 0.393 e. The molecule has 122 valence electrons. The van der Waals surface area contributed by atoms with Crippen LogP contribution < -0.4 is 5.32 Å². The lowest BCUT2D eigenvalue weighted by Crippen LogP contribution is -2.53. The molecule has 2 atom stereocenters. The molecule has 1 saturated heterocycles. The van der Waals surface area contributed by atoms with Gasteiger partial charge in [0.15, 0.2) is 0 Å². The topological polar surface area (TPSA) is 61.8 Å². The van der Waals surface area contributed by atoms with Gasteiger partial charge in [0.05, 0.1) is 30.4 Å². The smallest absolute Gasteiger partial charge is 0.318 e. The van der Waals surface area contributed by atoms with Crippen molar-refractivity contribution in [3.63, 3.8) is 0 Å². The standard InChI is InChI=1S/C15H20ClFN2O3/c1-10(20)6-12-9-22-5-4-19(12)15(21)18-8-11-2-3-14(17)13(16)7-11/h2-3,7,10,12,20H,4-6,8-9H2,1H3,(H,18,21)/t10-,12-/m1/s1. The first kappa shape index (κ1) is 17.0. The fourth-order valence-corrected chi connectivity index (χ4v) is 2.64. The van der Waals surface area contributed by atoms with Crippen LogP contribution in [0.1, 0.15) is 18.9 Å². The lowest BCUT2D eigenvalue weighted by atomic mass is 10.1. The number of amides is 2. The average molecular weight is 331 g/mol. The van der Waals surface area contributed by atoms with Gasteiger partial charge in [0.1, 0.15) is 5.82 Å². The number of halogens is 2. The molecular formula is C15H20ClFN2O3. The number of rotatable bonds is 4. The molecule has 0 aliphatic carbocycles. The Balaban J connectivity index is 1.93. The number of benzene rings is 1. The zero-order valence-corrected chi connectivity index (χ0v) is 13.1. The van der Waals surface area contributed by atoms with E-state index in [1.807, 2.05) is 0 Å². The monoisotopic (exact) mass is 330 g/mol. The number of ether oxygens (including phenoxy) is 1. The van der Waals surface area contributed by atoms with Crippen molar-refractivity contribution in [2.45, 2.75) is 32.0 Å². The van der Waals surface area contributed by atoms with Gasteiger partial charge in [-0.1, -0.05) is 17.7 Å². The van der Waals surface area contributed by atoms with Crippen LogP contribution in [0.3, 0.4) is 0 Å². The molecule has 0 saturated carbocycles. The maximum Gasteiger partial charge on any atom is 0.318 e. The van der Waals surface area contributed by atoms with E-state index in [4.69, 9.17) is 16.3 Å². The van der Waals surface area contributed by atoms with E-state index < -0.39 is 11.9 Å². The summed E-state index contributed by atoms with van der Waals surface area (Å²) in [5.41, 5.74) is 0.722. The second-order valence-corrected chi connectivity index (χ2v) is 5.82. The van der Waals surface area contributed by atoms with E-state index >= 15 is 0 Å². The molecule has 5 nitrogen and oxygen atoms in total. The van der Waals surface area contributed by atoms with Gasteiger partial charge in [-0.3, -0.25) is 0 Å². The number of carbonyl (C=O) groups is 1. The van der Waals surface area contributed by atoms with Gasteiger partial charge in [0, 0.05) is 13.1 Å². The molecule has 22 heavy (non-hydrogen) atoms. The normalized spacial score (nSPS) is 19.8. The van der Waals surface area contributed by atoms with Crippen molar-refractivity contribution in [2.24, 2.45) is 0 Å². The molecule has 1 heterocycles. The van der Waals surface area contributed by atoms with E-state index in [0.29, 0.717) is 26.2 Å². The highest BCUT2D eigenvalue weighted by molar-refractivity contribution is 6.30. The summed E-state index contributed by atoms with van der Waals surface area (Å²) in [5, 5.41) is 12.3. The zero-order valence-electron chi connectivity index (χ0n) is 12.4. The van der Waals surface area contributed by atoms with Crippen LogP contribution in [-0.2, 0) is 11.3 Å². The van der Waals surface area contributed by atoms with Crippen molar-refractivity contribution >= 4 is 17.6 Å². The molecule has 2 N–H and O–H groups in total. The first-order valence-electron chi connectivity index (χ1n) is 7.21. The molecule has 0 bridgehead atoms. The minimum absolute atomic E-state index is 0.0325. The van der Waals surface area contributed by atoms with Gasteiger partial charge in [-0.2, -0.15) is 0 Å². The van der Waals surface area contributed by atoms with Gasteiger partial charge in [0.25, 0.3) is 0 Å². The van der Waals surface area contributed by atoms with Crippen molar-refractivity contribution < 1.29 is 19.0 Å². The SMILES string of the molecule is C[C@@H](O)C[C@@H]1COCCN1C(=O)NCc1ccc(F)c(Cl)c1. The second kappa shape index (κ2) is 7.76. The van der Waals surface area contributed by atoms with Crippen molar-refractivity contribution in [1.29, 1.82) is 0 Å². The van der Waals surface area contributed by atoms with E-state index in [1.54, 1.807) is 17.9 Å². The highest BCUT2D eigenvalue weighted by Crippen LogP contribution is 2.16. The summed E-state index contributed by atoms with van der Waals surface area (Å²) in [7, 11) is 0. The van der Waals surface area contributed by atoms with Crippen LogP contribution in [0, 0.1) is 5.82 Å². The minimum Gasteiger partial charge on any atom is -0.393 e. The molecule has 1 aliphatic rings. The molecule has 7 heteroatoms. The van der Waals surface area contributed by atoms with E-state index in [1.165, 1.54) is 12.1 Å². The van der Waals surface area contributed by atoms with Crippen LogP contribution in [0.15, 0.2) is 18.2 Å². The predicted octanol–water partition coefficient (Wildman–Crippen LogP) is 2.16. The Hall–Kier alpha value is -1.37. The third-order valence-corrected chi connectivity index (χ3v) is 3.82. The Labute approximate surface area is 134 Å². The molecule has 1 aromatic carbocycles. The second-order valence-electron chi connectivity index (χ2n) is 5.41. The fraction of sp³-hybridized carbons (Fsp3) is 0.533. The van der Waals surface area contributed by atoms with Gasteiger partial charge in [-0.15, -0.1) is 0 Å². The molecular weight excluding hydrogens is 311 g/mol. The molecule has 1 aromatic rings. The summed E-state index contributed by atoms with van der Waals surface area (Å²) in [6, 6.07) is 3.96. The number of nitrogens with zero attached hydrogens (tertiary/aromatic N) is 1. The summed E-state index contributed by atoms with van der Waals surface area (Å²) in [5.74, 6) is -0.484. The number of hydrogen-bond donors (Lipinski definition) is 2. The molecule has 2 amide bonds. The maximum atomic E-state index is 13.1. The van der Waals surface area contributed by atoms with Crippen molar-refractivity contribution in [3.8, 4) is 0 Å². The van der Waals surface area contributed by atoms with E-state index in [0.717, 1.165) is 5.56 Å². The van der Waals surface area contributed by atoms with Crippen molar-refractivity contribution in [2.75, 3.05) is 19.8 Å². The number of nitrogens with one attached hydrogen (secondary N) is 1. The van der Waals surface area contributed by atoms with Crippen LogP contribution in [0.2, 0.25) is 5.02 Å². The van der Waals surface area contributed by atoms with Gasteiger partial charge >= 0.3 is 6.03 Å². The molecule has 0 spiro atoms. The predicted molar refractivity (Wildman–Crippen MR) is 81.3 cm³/mol. The maximum absolute atomic E-state index is 13.1. The van der Waals surface area contributed by atoms with Gasteiger partial charge in [0.2, 0.25) is 0 Å². The lowest BCUT2D eigenvalue weighted by Gasteiger charge is -2.36. The third kappa shape index (κ3) is 4.56. The summed E-state index contributed by atoms with van der Waals surface area (Å²) in [4.78, 5) is 14.0. The quantitative estimate of drug-likeness (QED) is 0.889. The Morgan fingerprint density at radius 3 is 3.09 bits per heavy atom. The first-order chi connectivity index (χ1) is 10.5. The lowest BCUT2D eigenvalue weighted by molar-refractivity contribution is -0.00437. The Morgan fingerprint density at radius 1 is 1.64 bits per heavy atom. The fourth-order valence-electron chi connectivity index (χ4n) is 2.44. The van der Waals surface area contributed by atoms with Crippen LogP contribution in [-0.4, -0.2) is 47.9 Å². The van der Waals surface area contributed by atoms with E-state index in [9.17, 15) is 14.3 Å². The van der Waals surface area contributed by atoms with Crippen LogP contribution in [0.25, 0.3) is 0 Å². The van der Waals surface area contributed by atoms with Crippen LogP contribution in [0.5, 0.6) is 0 Å². The van der Waals surface area contributed by atoms with Gasteiger partial charge < -0.3 is 20.1 Å². The number of hydrogen-bond acceptors (Lipinski definition) is 3. The highest BCUT2D eigenvalue weighted by Gasteiger charge is 2.28. The molecule has 1 fully saturated rings. The summed E-state index contributed by atoms with van der Waals surface area (Å²) < 4.78 is 18.5. The zero-order chi connectivity index (χ0) is 16.1. The van der Waals surface area contributed by atoms with Gasteiger partial charge in [-0.05, 0) is 31.0 Å². The van der Waals surface area contributed by atoms with Crippen LogP contribution in [0.4, 0.5) is 9.18 Å². The van der Waals surface area contributed by atoms with Gasteiger partial charge in [-0.25, -0.2) is 9.18 Å². The van der Waals surface area contributed by atoms with E-state index in [-0.39, 0.29) is 23.6 Å². The number of urea groups is 1. The number of carbonyl (C=O) groups excluding carboxylic acids is 1. The molecule has 1 aliphatic heterocycles. The van der Waals surface area contributed by atoms with Crippen molar-refractivity contribution in [1.82, 2.24) is 10.2 Å². The van der Waals surface area contributed by atoms with Crippen LogP contribution >= 0.6 is 11.6 Å². The Morgan fingerprint density at radius 2 is 2.41 bits per heavy atom.